The first kappa shape index (κ1) is 15.2. The summed E-state index contributed by atoms with van der Waals surface area (Å²) < 4.78 is 1.13. The summed E-state index contributed by atoms with van der Waals surface area (Å²) in [5.41, 5.74) is 6.26. The summed E-state index contributed by atoms with van der Waals surface area (Å²) >= 11 is 3.54. The molecule has 0 amide bonds. The van der Waals surface area contributed by atoms with Crippen LogP contribution in [0.15, 0.2) is 53.1 Å². The summed E-state index contributed by atoms with van der Waals surface area (Å²) in [6.07, 6.45) is 1.85. The van der Waals surface area contributed by atoms with Crippen molar-refractivity contribution in [2.24, 2.45) is 0 Å². The molecule has 0 fully saturated rings. The second-order valence-electron chi connectivity index (χ2n) is 5.66. The van der Waals surface area contributed by atoms with E-state index in [4.69, 9.17) is 0 Å². The van der Waals surface area contributed by atoms with Crippen LogP contribution in [0.5, 0.6) is 0 Å². The van der Waals surface area contributed by atoms with Gasteiger partial charge < -0.3 is 5.32 Å². The van der Waals surface area contributed by atoms with Gasteiger partial charge in [0.2, 0.25) is 0 Å². The minimum atomic E-state index is 0.859. The third-order valence-electron chi connectivity index (χ3n) is 3.91. The Hall–Kier alpha value is -1.71. The number of aromatic nitrogens is 1. The minimum absolute atomic E-state index is 0.859. The zero-order chi connectivity index (χ0) is 15.5. The summed E-state index contributed by atoms with van der Waals surface area (Å²) in [5, 5.41) is 4.74. The maximum Gasteiger partial charge on any atom is 0.0731 e. The van der Waals surface area contributed by atoms with E-state index in [9.17, 15) is 0 Å². The normalized spacial score (nSPS) is 11.0. The van der Waals surface area contributed by atoms with Gasteiger partial charge in [0.15, 0.2) is 0 Å². The van der Waals surface area contributed by atoms with E-state index in [2.05, 4.69) is 76.5 Å². The Balaban J connectivity index is 1.73. The Morgan fingerprint density at radius 2 is 1.86 bits per heavy atom. The van der Waals surface area contributed by atoms with Crippen molar-refractivity contribution >= 4 is 26.8 Å². The van der Waals surface area contributed by atoms with Crippen LogP contribution in [0.3, 0.4) is 0 Å². The molecule has 0 saturated heterocycles. The number of pyridine rings is 1. The molecule has 1 aromatic heterocycles. The molecule has 22 heavy (non-hydrogen) atoms. The zero-order valence-electron chi connectivity index (χ0n) is 12.9. The number of nitrogens with one attached hydrogen (secondary N) is 1. The van der Waals surface area contributed by atoms with Gasteiger partial charge in [-0.1, -0.05) is 34.1 Å². The fourth-order valence-corrected chi connectivity index (χ4v) is 3.13. The smallest absolute Gasteiger partial charge is 0.0731 e. The van der Waals surface area contributed by atoms with Gasteiger partial charge in [0.05, 0.1) is 5.52 Å². The highest BCUT2D eigenvalue weighted by Gasteiger charge is 2.03. The largest absolute Gasteiger partial charge is 0.309 e. The molecule has 0 bridgehead atoms. The lowest BCUT2D eigenvalue weighted by molar-refractivity contribution is 0.690. The molecule has 3 rings (SSSR count). The monoisotopic (exact) mass is 354 g/mol. The molecular formula is C19H19BrN2. The zero-order valence-corrected chi connectivity index (χ0v) is 14.4. The van der Waals surface area contributed by atoms with Gasteiger partial charge >= 0.3 is 0 Å². The summed E-state index contributed by atoms with van der Waals surface area (Å²) in [5.74, 6) is 0. The summed E-state index contributed by atoms with van der Waals surface area (Å²) in [4.78, 5) is 4.45. The molecule has 0 saturated carbocycles. The number of fused-ring (bicyclic) bond motifs is 1. The predicted octanol–water partition coefficient (Wildman–Crippen LogP) is 4.90. The van der Waals surface area contributed by atoms with Crippen LogP contribution in [-0.4, -0.2) is 4.98 Å². The first-order valence-corrected chi connectivity index (χ1v) is 8.23. The van der Waals surface area contributed by atoms with Gasteiger partial charge in [0.25, 0.3) is 0 Å². The van der Waals surface area contributed by atoms with E-state index >= 15 is 0 Å². The fraction of sp³-hybridized carbons (Fsp3) is 0.211. The van der Waals surface area contributed by atoms with Crippen molar-refractivity contribution in [2.75, 3.05) is 0 Å². The lowest BCUT2D eigenvalue weighted by Crippen LogP contribution is -2.13. The van der Waals surface area contributed by atoms with Crippen molar-refractivity contribution in [1.82, 2.24) is 10.3 Å². The third-order valence-corrected chi connectivity index (χ3v) is 4.40. The van der Waals surface area contributed by atoms with Crippen molar-refractivity contribution in [2.45, 2.75) is 26.9 Å². The Bertz CT molecular complexity index is 812. The third kappa shape index (κ3) is 3.37. The van der Waals surface area contributed by atoms with Crippen molar-refractivity contribution in [3.05, 3.63) is 75.4 Å². The number of rotatable bonds is 4. The number of hydrogen-bond donors (Lipinski definition) is 1. The first-order chi connectivity index (χ1) is 10.6. The van der Waals surface area contributed by atoms with Crippen LogP contribution in [0.1, 0.15) is 22.3 Å². The maximum atomic E-state index is 4.45. The summed E-state index contributed by atoms with van der Waals surface area (Å²) in [6, 6.07) is 15.0. The van der Waals surface area contributed by atoms with Gasteiger partial charge in [-0.3, -0.25) is 4.98 Å². The first-order valence-electron chi connectivity index (χ1n) is 7.43. The molecular weight excluding hydrogens is 336 g/mol. The van der Waals surface area contributed by atoms with Crippen molar-refractivity contribution < 1.29 is 0 Å². The number of nitrogens with zero attached hydrogens (tertiary/aromatic N) is 1. The molecule has 3 heteroatoms. The Morgan fingerprint density at radius 3 is 2.73 bits per heavy atom. The van der Waals surface area contributed by atoms with Crippen molar-refractivity contribution in [1.29, 1.82) is 0 Å². The van der Waals surface area contributed by atoms with E-state index in [1.807, 2.05) is 12.3 Å². The Kier molecular flexibility index (Phi) is 4.55. The number of aryl methyl sites for hydroxylation is 2. The van der Waals surface area contributed by atoms with Gasteiger partial charge in [0, 0.05) is 29.1 Å². The van der Waals surface area contributed by atoms with Gasteiger partial charge in [-0.25, -0.2) is 0 Å². The van der Waals surface area contributed by atoms with Crippen LogP contribution < -0.4 is 5.32 Å². The van der Waals surface area contributed by atoms with Crippen molar-refractivity contribution in [3.8, 4) is 0 Å². The summed E-state index contributed by atoms with van der Waals surface area (Å²) in [7, 11) is 0. The van der Waals surface area contributed by atoms with Gasteiger partial charge in [0.1, 0.15) is 0 Å². The van der Waals surface area contributed by atoms with Crippen LogP contribution in [-0.2, 0) is 13.1 Å². The van der Waals surface area contributed by atoms with E-state index in [1.165, 1.54) is 27.6 Å². The van der Waals surface area contributed by atoms with Crippen LogP contribution in [0.25, 0.3) is 10.9 Å². The second kappa shape index (κ2) is 6.59. The maximum absolute atomic E-state index is 4.45. The second-order valence-corrected chi connectivity index (χ2v) is 6.58. The van der Waals surface area contributed by atoms with Gasteiger partial charge in [-0.05, 0) is 60.4 Å². The van der Waals surface area contributed by atoms with Crippen LogP contribution >= 0.6 is 15.9 Å². The van der Waals surface area contributed by atoms with E-state index in [0.717, 1.165) is 23.1 Å². The molecule has 0 spiro atoms. The molecule has 1 N–H and O–H groups in total. The highest BCUT2D eigenvalue weighted by molar-refractivity contribution is 9.10. The average Bonchev–Trinajstić information content (AvgIpc) is 2.51. The van der Waals surface area contributed by atoms with Gasteiger partial charge in [-0.2, -0.15) is 0 Å². The van der Waals surface area contributed by atoms with Crippen LogP contribution in [0, 0.1) is 13.8 Å². The van der Waals surface area contributed by atoms with Crippen LogP contribution in [0.2, 0.25) is 0 Å². The molecule has 2 aromatic carbocycles. The molecule has 2 nitrogen and oxygen atoms in total. The molecule has 0 aliphatic rings. The van der Waals surface area contributed by atoms with E-state index < -0.39 is 0 Å². The minimum Gasteiger partial charge on any atom is -0.309 e. The number of halogens is 1. The quantitative estimate of drug-likeness (QED) is 0.720. The Labute approximate surface area is 139 Å². The highest BCUT2D eigenvalue weighted by atomic mass is 79.9. The van der Waals surface area contributed by atoms with E-state index in [-0.39, 0.29) is 0 Å². The predicted molar refractivity (Wildman–Crippen MR) is 95.9 cm³/mol. The molecule has 1 heterocycles. The molecule has 0 aliphatic heterocycles. The molecule has 0 atom stereocenters. The molecule has 112 valence electrons. The Morgan fingerprint density at radius 1 is 1.00 bits per heavy atom. The molecule has 0 radical (unpaired) electrons. The fourth-order valence-electron chi connectivity index (χ4n) is 2.73. The lowest BCUT2D eigenvalue weighted by atomic mass is 10.1. The molecule has 3 aromatic rings. The highest BCUT2D eigenvalue weighted by Crippen LogP contribution is 2.19. The summed E-state index contributed by atoms with van der Waals surface area (Å²) in [6.45, 7) is 6.00. The van der Waals surface area contributed by atoms with Crippen LogP contribution in [0.4, 0.5) is 0 Å². The standard InChI is InChI=1S/C19H19BrN2/c1-13-5-6-18(20)10-17(13)12-21-11-15-8-14(2)19-16(9-15)4-3-7-22-19/h3-10,21H,11-12H2,1-2H3. The average molecular weight is 355 g/mol. The number of hydrogen-bond acceptors (Lipinski definition) is 2. The van der Waals surface area contributed by atoms with Gasteiger partial charge in [-0.15, -0.1) is 0 Å². The van der Waals surface area contributed by atoms with E-state index in [1.54, 1.807) is 0 Å². The molecule has 0 unspecified atom stereocenters. The SMILES string of the molecule is Cc1ccc(Br)cc1CNCc1cc(C)c2ncccc2c1. The number of benzene rings is 2. The van der Waals surface area contributed by atoms with E-state index in [0.29, 0.717) is 0 Å². The molecule has 0 aliphatic carbocycles. The topological polar surface area (TPSA) is 24.9 Å². The van der Waals surface area contributed by atoms with Crippen molar-refractivity contribution in [3.63, 3.8) is 0 Å². The lowest BCUT2D eigenvalue weighted by Gasteiger charge is -2.10.